The van der Waals surface area contributed by atoms with E-state index in [2.05, 4.69) is 40.7 Å². The Hall–Kier alpha value is 0.0500. The molecule has 9 unspecified atom stereocenters. The number of rotatable bonds is 6. The van der Waals surface area contributed by atoms with E-state index in [1.807, 2.05) is 0 Å². The van der Waals surface area contributed by atoms with E-state index in [4.69, 9.17) is 11.6 Å². The Kier molecular flexibility index (Phi) is 7.59. The molecule has 4 aliphatic carbocycles. The minimum absolute atomic E-state index is 0.225. The Morgan fingerprint density at radius 1 is 1.19 bits per heavy atom. The fraction of sp³-hybridized carbons (Fsp3) is 0.893. The number of halogens is 1. The molecular formula is C28H45ClOS. The van der Waals surface area contributed by atoms with Crippen LogP contribution in [0.25, 0.3) is 0 Å². The van der Waals surface area contributed by atoms with E-state index in [1.54, 1.807) is 5.57 Å². The van der Waals surface area contributed by atoms with Crippen LogP contribution in [0, 0.1) is 52.8 Å². The summed E-state index contributed by atoms with van der Waals surface area (Å²) in [5.41, 5.74) is 2.04. The lowest BCUT2D eigenvalue weighted by atomic mass is 9.48. The van der Waals surface area contributed by atoms with Crippen molar-refractivity contribution >= 4 is 27.9 Å². The zero-order chi connectivity index (χ0) is 22.3. The average Bonchev–Trinajstić information content (AvgIpc) is 3.14. The quantitative estimate of drug-likeness (QED) is 0.287. The van der Waals surface area contributed by atoms with Crippen LogP contribution >= 0.6 is 23.4 Å². The Labute approximate surface area is 200 Å². The molecule has 0 aromatic heterocycles. The molecule has 0 spiro atoms. The molecule has 31 heavy (non-hydrogen) atoms. The summed E-state index contributed by atoms with van der Waals surface area (Å²) in [7, 11) is 0. The van der Waals surface area contributed by atoms with Crippen LogP contribution < -0.4 is 0 Å². The molecule has 3 fully saturated rings. The summed E-state index contributed by atoms with van der Waals surface area (Å²) in [5, 5.41) is 0.400. The van der Waals surface area contributed by atoms with Gasteiger partial charge in [-0.3, -0.25) is 4.79 Å². The molecule has 0 saturated heterocycles. The largest absolute Gasteiger partial charge is 0.279 e. The second-order valence-corrected chi connectivity index (χ2v) is 14.2. The minimum Gasteiger partial charge on any atom is -0.268 e. The van der Waals surface area contributed by atoms with Crippen LogP contribution in [-0.4, -0.2) is 9.82 Å². The van der Waals surface area contributed by atoms with E-state index >= 15 is 0 Å². The summed E-state index contributed by atoms with van der Waals surface area (Å²) in [6.07, 6.45) is 16.0. The lowest BCUT2D eigenvalue weighted by Gasteiger charge is -2.57. The summed E-state index contributed by atoms with van der Waals surface area (Å²) in [6, 6.07) is 0. The van der Waals surface area contributed by atoms with Gasteiger partial charge >= 0.3 is 0 Å². The predicted molar refractivity (Wildman–Crippen MR) is 136 cm³/mol. The Balaban J connectivity index is 1.46. The third kappa shape index (κ3) is 4.82. The second kappa shape index (κ2) is 9.73. The van der Waals surface area contributed by atoms with Gasteiger partial charge in [0.2, 0.25) is 0 Å². The number of allylic oxidation sites excluding steroid dienone is 2. The van der Waals surface area contributed by atoms with Gasteiger partial charge in [0.1, 0.15) is 0 Å². The van der Waals surface area contributed by atoms with Crippen molar-refractivity contribution in [3.8, 4) is 0 Å². The predicted octanol–water partition coefficient (Wildman–Crippen LogP) is 9.34. The maximum atomic E-state index is 11.4. The van der Waals surface area contributed by atoms with Crippen molar-refractivity contribution in [2.24, 2.45) is 52.8 Å². The zero-order valence-corrected chi connectivity index (χ0v) is 22.1. The van der Waals surface area contributed by atoms with Gasteiger partial charge in [-0.05, 0) is 109 Å². The molecule has 1 nitrogen and oxygen atoms in total. The van der Waals surface area contributed by atoms with Crippen molar-refractivity contribution < 1.29 is 4.79 Å². The molecule has 0 radical (unpaired) electrons. The van der Waals surface area contributed by atoms with Crippen molar-refractivity contribution in [2.45, 2.75) is 104 Å². The van der Waals surface area contributed by atoms with E-state index in [0.29, 0.717) is 10.7 Å². The SMILES string of the molecule is CC(C)CCCC(C)C1CCC2C3CC=C4CC(SC(=O)Cl)CCC4(C)C3CC(C)C12. The van der Waals surface area contributed by atoms with Crippen LogP contribution in [0.2, 0.25) is 0 Å². The summed E-state index contributed by atoms with van der Waals surface area (Å²) in [5.74, 6) is 7.27. The van der Waals surface area contributed by atoms with E-state index in [-0.39, 0.29) is 4.57 Å². The first-order valence-corrected chi connectivity index (χ1v) is 14.5. The van der Waals surface area contributed by atoms with Gasteiger partial charge in [0.15, 0.2) is 0 Å². The van der Waals surface area contributed by atoms with Gasteiger partial charge in [-0.15, -0.1) is 0 Å². The van der Waals surface area contributed by atoms with Crippen LogP contribution in [-0.2, 0) is 0 Å². The number of thioether (sulfide) groups is 1. The van der Waals surface area contributed by atoms with Gasteiger partial charge < -0.3 is 0 Å². The van der Waals surface area contributed by atoms with Crippen LogP contribution in [0.4, 0.5) is 4.79 Å². The number of hydrogen-bond donors (Lipinski definition) is 0. The molecule has 9 atom stereocenters. The number of fused-ring (bicyclic) bond motifs is 5. The lowest BCUT2D eigenvalue weighted by molar-refractivity contribution is -0.0300. The highest BCUT2D eigenvalue weighted by Gasteiger charge is 2.56. The smallest absolute Gasteiger partial charge is 0.268 e. The molecule has 3 saturated carbocycles. The van der Waals surface area contributed by atoms with Gasteiger partial charge in [-0.1, -0.05) is 77.3 Å². The third-order valence-corrected chi connectivity index (χ3v) is 11.4. The Morgan fingerprint density at radius 2 is 1.97 bits per heavy atom. The molecule has 0 bridgehead atoms. The first-order valence-electron chi connectivity index (χ1n) is 13.3. The molecular weight excluding hydrogens is 420 g/mol. The first-order chi connectivity index (χ1) is 14.7. The molecule has 4 rings (SSSR count). The molecule has 0 N–H and O–H groups in total. The summed E-state index contributed by atoms with van der Waals surface area (Å²) >= 11 is 7.07. The van der Waals surface area contributed by atoms with Crippen molar-refractivity contribution in [1.82, 2.24) is 0 Å². The van der Waals surface area contributed by atoms with Crippen molar-refractivity contribution in [2.75, 3.05) is 0 Å². The van der Waals surface area contributed by atoms with E-state index < -0.39 is 0 Å². The van der Waals surface area contributed by atoms with Gasteiger partial charge in [-0.2, -0.15) is 0 Å². The number of hydrogen-bond acceptors (Lipinski definition) is 2. The third-order valence-electron chi connectivity index (χ3n) is 10.2. The highest BCUT2D eigenvalue weighted by molar-refractivity contribution is 8.17. The normalized spacial score (nSPS) is 43.1. The Morgan fingerprint density at radius 3 is 2.68 bits per heavy atom. The first kappa shape index (κ1) is 24.2. The molecule has 4 aliphatic rings. The van der Waals surface area contributed by atoms with E-state index in [0.717, 1.165) is 60.2 Å². The van der Waals surface area contributed by atoms with E-state index in [9.17, 15) is 4.79 Å². The average molecular weight is 465 g/mol. The maximum absolute atomic E-state index is 11.4. The number of carbonyl (C=O) groups excluding carboxylic acids is 1. The van der Waals surface area contributed by atoms with Gasteiger partial charge in [0.25, 0.3) is 4.57 Å². The van der Waals surface area contributed by atoms with Gasteiger partial charge in [-0.25, -0.2) is 0 Å². The molecule has 0 amide bonds. The fourth-order valence-electron chi connectivity index (χ4n) is 8.71. The lowest BCUT2D eigenvalue weighted by Crippen LogP contribution is -2.49. The molecule has 3 heteroatoms. The molecule has 0 heterocycles. The van der Waals surface area contributed by atoms with Crippen molar-refractivity contribution in [1.29, 1.82) is 0 Å². The van der Waals surface area contributed by atoms with Gasteiger partial charge in [0, 0.05) is 5.25 Å². The van der Waals surface area contributed by atoms with Crippen molar-refractivity contribution in [3.63, 3.8) is 0 Å². The molecule has 0 aromatic rings. The highest BCUT2D eigenvalue weighted by Crippen LogP contribution is 2.64. The van der Waals surface area contributed by atoms with Crippen LogP contribution in [0.15, 0.2) is 11.6 Å². The minimum atomic E-state index is -0.225. The van der Waals surface area contributed by atoms with Crippen LogP contribution in [0.1, 0.15) is 98.8 Å². The van der Waals surface area contributed by atoms with Gasteiger partial charge in [0.05, 0.1) is 0 Å². The maximum Gasteiger partial charge on any atom is 0.279 e. The topological polar surface area (TPSA) is 17.1 Å². The Bertz CT molecular complexity index is 686. The summed E-state index contributed by atoms with van der Waals surface area (Å²) in [6.45, 7) is 12.5. The fourth-order valence-corrected chi connectivity index (χ4v) is 9.85. The standard InChI is InChI=1S/C28H45ClOS/c1-17(2)7-6-8-18(3)22-11-12-24-23-10-9-20-16-21(31-27(29)30)13-14-28(20,5)25(23)15-19(4)26(22)24/h9,17-19,21-26H,6-8,10-16H2,1-5H3. The van der Waals surface area contributed by atoms with E-state index in [1.165, 1.54) is 63.1 Å². The highest BCUT2D eigenvalue weighted by atomic mass is 35.5. The molecule has 0 aliphatic heterocycles. The summed E-state index contributed by atoms with van der Waals surface area (Å²) in [4.78, 5) is 11.4. The molecule has 176 valence electrons. The van der Waals surface area contributed by atoms with Crippen molar-refractivity contribution in [3.05, 3.63) is 11.6 Å². The monoisotopic (exact) mass is 464 g/mol. The number of carbonyl (C=O) groups is 1. The van der Waals surface area contributed by atoms with Crippen LogP contribution in [0.5, 0.6) is 0 Å². The second-order valence-electron chi connectivity index (χ2n) is 12.4. The van der Waals surface area contributed by atoms with Crippen LogP contribution in [0.3, 0.4) is 0 Å². The summed E-state index contributed by atoms with van der Waals surface area (Å²) < 4.78 is -0.225. The zero-order valence-electron chi connectivity index (χ0n) is 20.5. The molecule has 0 aromatic carbocycles.